The number of carbonyl (C=O) groups is 2. The fourth-order valence-corrected chi connectivity index (χ4v) is 5.92. The van der Waals surface area contributed by atoms with E-state index in [4.69, 9.17) is 0 Å². The molecule has 1 saturated carbocycles. The van der Waals surface area contributed by atoms with Gasteiger partial charge in [-0.1, -0.05) is 61.4 Å². The number of anilines is 1. The molecule has 1 unspecified atom stereocenters. The number of nitrogens with zero attached hydrogens (tertiary/aromatic N) is 3. The van der Waals surface area contributed by atoms with Crippen LogP contribution in [-0.2, 0) is 32.6 Å². The summed E-state index contributed by atoms with van der Waals surface area (Å²) in [5.41, 5.74) is 0.934. The average Bonchev–Trinajstić information content (AvgIpc) is 3.47. The molecular weight excluding hydrogens is 563 g/mol. The lowest BCUT2D eigenvalue weighted by atomic mass is 10.0. The van der Waals surface area contributed by atoms with Crippen LogP contribution in [0.2, 0.25) is 0 Å². The zero-order chi connectivity index (χ0) is 30.3. The van der Waals surface area contributed by atoms with Gasteiger partial charge in [0.1, 0.15) is 18.4 Å². The van der Waals surface area contributed by atoms with Crippen molar-refractivity contribution in [1.82, 2.24) is 10.2 Å². The second kappa shape index (κ2) is 13.6. The number of nitro groups is 1. The maximum absolute atomic E-state index is 14.1. The van der Waals surface area contributed by atoms with Gasteiger partial charge in [0.15, 0.2) is 0 Å². The fourth-order valence-electron chi connectivity index (χ4n) is 5.08. The van der Waals surface area contributed by atoms with Gasteiger partial charge in [-0.3, -0.25) is 24.0 Å². The highest BCUT2D eigenvalue weighted by atomic mass is 32.2. The summed E-state index contributed by atoms with van der Waals surface area (Å²) in [6.07, 6.45) is 4.67. The zero-order valence-electron chi connectivity index (χ0n) is 23.2. The summed E-state index contributed by atoms with van der Waals surface area (Å²) in [4.78, 5) is 39.9. The minimum absolute atomic E-state index is 0.0315. The molecule has 0 aromatic heterocycles. The molecule has 42 heavy (non-hydrogen) atoms. The number of benzene rings is 3. The molecule has 4 rings (SSSR count). The van der Waals surface area contributed by atoms with E-state index in [2.05, 4.69) is 5.32 Å². The molecule has 3 aromatic carbocycles. The molecule has 0 bridgehead atoms. The van der Waals surface area contributed by atoms with Crippen LogP contribution in [0.3, 0.4) is 0 Å². The van der Waals surface area contributed by atoms with Gasteiger partial charge in [-0.15, -0.1) is 0 Å². The largest absolute Gasteiger partial charge is 0.352 e. The number of non-ortho nitro benzene ring substituents is 1. The van der Waals surface area contributed by atoms with Crippen LogP contribution in [0, 0.1) is 15.9 Å². The van der Waals surface area contributed by atoms with Crippen LogP contribution < -0.4 is 9.62 Å². The van der Waals surface area contributed by atoms with E-state index < -0.39 is 39.3 Å². The second-order valence-corrected chi connectivity index (χ2v) is 12.3. The van der Waals surface area contributed by atoms with Gasteiger partial charge in [0.05, 0.1) is 16.9 Å². The highest BCUT2D eigenvalue weighted by Gasteiger charge is 2.34. The summed E-state index contributed by atoms with van der Waals surface area (Å²) in [7, 11) is -4.08. The van der Waals surface area contributed by atoms with Gasteiger partial charge in [-0.2, -0.15) is 0 Å². The van der Waals surface area contributed by atoms with E-state index in [0.717, 1.165) is 47.9 Å². The van der Waals surface area contributed by atoms with Crippen molar-refractivity contribution in [2.75, 3.05) is 17.1 Å². The third kappa shape index (κ3) is 8.12. The fraction of sp³-hybridized carbons (Fsp3) is 0.333. The van der Waals surface area contributed by atoms with Crippen LogP contribution in [0.5, 0.6) is 0 Å². The molecule has 0 spiro atoms. The molecule has 0 aliphatic heterocycles. The minimum atomic E-state index is -4.08. The smallest absolute Gasteiger partial charge is 0.271 e. The molecule has 1 aliphatic carbocycles. The molecule has 2 amide bonds. The summed E-state index contributed by atoms with van der Waals surface area (Å²) in [5.74, 6) is -1.54. The first-order valence-electron chi connectivity index (χ1n) is 13.6. The van der Waals surface area contributed by atoms with Crippen molar-refractivity contribution in [2.24, 2.45) is 0 Å². The monoisotopic (exact) mass is 596 g/mol. The molecule has 1 N–H and O–H groups in total. The molecule has 3 aromatic rings. The van der Waals surface area contributed by atoms with Crippen molar-refractivity contribution < 1.29 is 27.3 Å². The summed E-state index contributed by atoms with van der Waals surface area (Å²) in [6.45, 7) is -0.801. The molecule has 0 saturated heterocycles. The van der Waals surface area contributed by atoms with Crippen LogP contribution >= 0.6 is 0 Å². The standard InChI is InChI=1S/C30H33FN4O6S/c1-42(40,41)34(26-12-7-13-27(19-26)35(38)39)21-29(36)33(20-23-14-16-24(31)17-15-23)28(18-22-8-3-2-4-9-22)30(37)32-25-10-5-6-11-25/h2-4,7-9,12-17,19,25,28H,5-6,10-11,18,20-21H2,1H3,(H,32,37). The van der Waals surface area contributed by atoms with Crippen LogP contribution in [-0.4, -0.2) is 54.9 Å². The predicted molar refractivity (Wildman–Crippen MR) is 157 cm³/mol. The summed E-state index contributed by atoms with van der Waals surface area (Å²) in [6, 6.07) is 18.6. The van der Waals surface area contributed by atoms with Crippen molar-refractivity contribution in [3.05, 3.63) is 106 Å². The number of sulfonamides is 1. The second-order valence-electron chi connectivity index (χ2n) is 10.4. The van der Waals surface area contributed by atoms with Crippen LogP contribution in [0.25, 0.3) is 0 Å². The Balaban J connectivity index is 1.73. The van der Waals surface area contributed by atoms with Gasteiger partial charge in [-0.25, -0.2) is 12.8 Å². The number of rotatable bonds is 12. The van der Waals surface area contributed by atoms with Crippen molar-refractivity contribution in [3.63, 3.8) is 0 Å². The Bertz CT molecular complexity index is 1510. The van der Waals surface area contributed by atoms with Gasteiger partial charge >= 0.3 is 0 Å². The summed E-state index contributed by atoms with van der Waals surface area (Å²) < 4.78 is 40.2. The van der Waals surface area contributed by atoms with Crippen LogP contribution in [0.4, 0.5) is 15.8 Å². The first-order chi connectivity index (χ1) is 20.0. The number of nitrogens with one attached hydrogen (secondary N) is 1. The predicted octanol–water partition coefficient (Wildman–Crippen LogP) is 4.20. The Morgan fingerprint density at radius 1 is 1.00 bits per heavy atom. The van der Waals surface area contributed by atoms with E-state index in [1.165, 1.54) is 47.4 Å². The highest BCUT2D eigenvalue weighted by molar-refractivity contribution is 7.92. The van der Waals surface area contributed by atoms with E-state index >= 15 is 0 Å². The van der Waals surface area contributed by atoms with E-state index in [0.29, 0.717) is 5.56 Å². The molecule has 1 atom stereocenters. The van der Waals surface area contributed by atoms with E-state index in [-0.39, 0.29) is 36.3 Å². The zero-order valence-corrected chi connectivity index (χ0v) is 24.0. The van der Waals surface area contributed by atoms with Gasteiger partial charge in [0.2, 0.25) is 21.8 Å². The third-order valence-corrected chi connectivity index (χ3v) is 8.39. The summed E-state index contributed by atoms with van der Waals surface area (Å²) in [5, 5.41) is 14.4. The van der Waals surface area contributed by atoms with Crippen LogP contribution in [0.1, 0.15) is 36.8 Å². The number of hydrogen-bond donors (Lipinski definition) is 1. The Morgan fingerprint density at radius 3 is 2.29 bits per heavy atom. The number of carbonyl (C=O) groups excluding carboxylic acids is 2. The summed E-state index contributed by atoms with van der Waals surface area (Å²) >= 11 is 0. The molecule has 1 fully saturated rings. The number of amides is 2. The third-order valence-electron chi connectivity index (χ3n) is 7.25. The van der Waals surface area contributed by atoms with E-state index in [1.54, 1.807) is 0 Å². The quantitative estimate of drug-likeness (QED) is 0.246. The SMILES string of the molecule is CS(=O)(=O)N(CC(=O)N(Cc1ccc(F)cc1)C(Cc1ccccc1)C(=O)NC1CCCC1)c1cccc([N+](=O)[O-])c1. The molecule has 10 nitrogen and oxygen atoms in total. The maximum atomic E-state index is 14.1. The molecule has 12 heteroatoms. The van der Waals surface area contributed by atoms with Gasteiger partial charge in [0.25, 0.3) is 5.69 Å². The lowest BCUT2D eigenvalue weighted by Gasteiger charge is -2.34. The lowest BCUT2D eigenvalue weighted by Crippen LogP contribution is -2.54. The molecule has 1 aliphatic rings. The van der Waals surface area contributed by atoms with Crippen LogP contribution in [0.15, 0.2) is 78.9 Å². The van der Waals surface area contributed by atoms with Gasteiger partial charge in [-0.05, 0) is 42.2 Å². The Morgan fingerprint density at radius 2 is 1.67 bits per heavy atom. The first-order valence-corrected chi connectivity index (χ1v) is 15.5. The first kappa shape index (κ1) is 30.6. The maximum Gasteiger partial charge on any atom is 0.271 e. The molecule has 222 valence electrons. The number of halogens is 1. The molecule has 0 heterocycles. The Kier molecular flexibility index (Phi) is 9.89. The number of nitro benzene ring substituents is 1. The van der Waals surface area contributed by atoms with Crippen molar-refractivity contribution in [1.29, 1.82) is 0 Å². The average molecular weight is 597 g/mol. The van der Waals surface area contributed by atoms with Crippen molar-refractivity contribution in [3.8, 4) is 0 Å². The van der Waals surface area contributed by atoms with E-state index in [1.807, 2.05) is 30.3 Å². The Labute approximate surface area is 244 Å². The van der Waals surface area contributed by atoms with Crippen molar-refractivity contribution >= 4 is 33.2 Å². The normalized spacial score (nSPS) is 14.2. The molecular formula is C30H33FN4O6S. The van der Waals surface area contributed by atoms with Crippen molar-refractivity contribution in [2.45, 2.75) is 50.7 Å². The lowest BCUT2D eigenvalue weighted by molar-refractivity contribution is -0.384. The van der Waals surface area contributed by atoms with Gasteiger partial charge in [0, 0.05) is 31.1 Å². The minimum Gasteiger partial charge on any atom is -0.352 e. The Hall–Kier alpha value is -4.32. The van der Waals surface area contributed by atoms with Gasteiger partial charge < -0.3 is 10.2 Å². The van der Waals surface area contributed by atoms with E-state index in [9.17, 15) is 32.5 Å². The number of hydrogen-bond acceptors (Lipinski definition) is 6. The highest BCUT2D eigenvalue weighted by Crippen LogP contribution is 2.25. The topological polar surface area (TPSA) is 130 Å². The molecule has 0 radical (unpaired) electrons.